The standard InChI is InChI=1S/C23H28F2N4O/c1-15-12-28(7-6-26-15)13-21(30)29-14-23(2,3)22-20(29)9-16(11-27-22)8-17-4-5-18(24)10-19(17)25/h4-5,9-11,15,26H,6-8,12-14H2,1-3H3/t15-/m1/s1. The molecule has 2 aliphatic rings. The van der Waals surface area contributed by atoms with Crippen LogP contribution in [0.5, 0.6) is 0 Å². The van der Waals surface area contributed by atoms with E-state index in [1.807, 2.05) is 11.0 Å². The van der Waals surface area contributed by atoms with Crippen molar-refractivity contribution in [3.63, 3.8) is 0 Å². The summed E-state index contributed by atoms with van der Waals surface area (Å²) in [5, 5.41) is 3.39. The molecule has 160 valence electrons. The van der Waals surface area contributed by atoms with E-state index in [9.17, 15) is 13.6 Å². The molecule has 1 amide bonds. The molecule has 1 N–H and O–H groups in total. The zero-order chi connectivity index (χ0) is 21.5. The van der Waals surface area contributed by atoms with E-state index in [0.717, 1.165) is 42.6 Å². The van der Waals surface area contributed by atoms with Crippen LogP contribution in [0, 0.1) is 11.6 Å². The average molecular weight is 415 g/mol. The van der Waals surface area contributed by atoms with Gasteiger partial charge in [-0.15, -0.1) is 0 Å². The van der Waals surface area contributed by atoms with Crippen molar-refractivity contribution >= 4 is 11.6 Å². The second-order valence-corrected chi connectivity index (χ2v) is 9.08. The number of pyridine rings is 1. The number of nitrogens with one attached hydrogen (secondary N) is 1. The minimum Gasteiger partial charge on any atom is -0.312 e. The normalized spacial score (nSPS) is 21.0. The van der Waals surface area contributed by atoms with Gasteiger partial charge in [0.25, 0.3) is 0 Å². The molecule has 2 aromatic rings. The van der Waals surface area contributed by atoms with Gasteiger partial charge in [0.15, 0.2) is 0 Å². The van der Waals surface area contributed by atoms with Gasteiger partial charge in [-0.3, -0.25) is 14.7 Å². The molecule has 0 saturated carbocycles. The van der Waals surface area contributed by atoms with E-state index in [1.54, 1.807) is 6.20 Å². The third kappa shape index (κ3) is 4.23. The molecule has 1 aromatic carbocycles. The van der Waals surface area contributed by atoms with Crippen molar-refractivity contribution < 1.29 is 13.6 Å². The third-order valence-electron chi connectivity index (χ3n) is 5.93. The maximum Gasteiger partial charge on any atom is 0.241 e. The van der Waals surface area contributed by atoms with Crippen LogP contribution in [0.3, 0.4) is 0 Å². The van der Waals surface area contributed by atoms with Crippen LogP contribution in [0.25, 0.3) is 0 Å². The van der Waals surface area contributed by atoms with Gasteiger partial charge in [0, 0.05) is 56.3 Å². The number of hydrogen-bond donors (Lipinski definition) is 1. The molecule has 1 saturated heterocycles. The van der Waals surface area contributed by atoms with Crippen LogP contribution in [-0.2, 0) is 16.6 Å². The Morgan fingerprint density at radius 3 is 2.83 bits per heavy atom. The quantitative estimate of drug-likeness (QED) is 0.836. The van der Waals surface area contributed by atoms with Gasteiger partial charge in [-0.2, -0.15) is 0 Å². The van der Waals surface area contributed by atoms with E-state index in [-0.39, 0.29) is 11.3 Å². The maximum atomic E-state index is 14.1. The van der Waals surface area contributed by atoms with E-state index in [4.69, 9.17) is 0 Å². The molecule has 0 spiro atoms. The highest BCUT2D eigenvalue weighted by molar-refractivity contribution is 5.97. The molecule has 2 aliphatic heterocycles. The predicted octanol–water partition coefficient (Wildman–Crippen LogP) is 2.87. The largest absolute Gasteiger partial charge is 0.312 e. The first-order valence-corrected chi connectivity index (χ1v) is 10.4. The number of nitrogens with zero attached hydrogens (tertiary/aromatic N) is 3. The highest BCUT2D eigenvalue weighted by Crippen LogP contribution is 2.39. The summed E-state index contributed by atoms with van der Waals surface area (Å²) in [6.45, 7) is 9.81. The molecule has 1 aromatic heterocycles. The molecule has 5 nitrogen and oxygen atoms in total. The smallest absolute Gasteiger partial charge is 0.241 e. The van der Waals surface area contributed by atoms with Crippen LogP contribution in [0.4, 0.5) is 14.5 Å². The number of carbonyl (C=O) groups is 1. The van der Waals surface area contributed by atoms with Crippen molar-refractivity contribution in [3.05, 3.63) is 58.9 Å². The number of amides is 1. The second kappa shape index (κ2) is 8.04. The van der Waals surface area contributed by atoms with E-state index in [2.05, 4.69) is 36.0 Å². The second-order valence-electron chi connectivity index (χ2n) is 9.08. The van der Waals surface area contributed by atoms with Crippen molar-refractivity contribution in [2.45, 2.75) is 38.6 Å². The molecule has 1 atom stereocenters. The highest BCUT2D eigenvalue weighted by Gasteiger charge is 2.40. The summed E-state index contributed by atoms with van der Waals surface area (Å²) in [5.41, 5.74) is 2.64. The Balaban J connectivity index is 1.57. The first-order valence-electron chi connectivity index (χ1n) is 10.4. The van der Waals surface area contributed by atoms with Crippen molar-refractivity contribution in [1.29, 1.82) is 0 Å². The van der Waals surface area contributed by atoms with Gasteiger partial charge in [0.1, 0.15) is 11.6 Å². The summed E-state index contributed by atoms with van der Waals surface area (Å²) in [5.74, 6) is -1.11. The Morgan fingerprint density at radius 1 is 1.30 bits per heavy atom. The molecule has 0 unspecified atom stereocenters. The summed E-state index contributed by atoms with van der Waals surface area (Å²) in [7, 11) is 0. The summed E-state index contributed by atoms with van der Waals surface area (Å²) in [4.78, 5) is 21.8. The molecule has 1 fully saturated rings. The van der Waals surface area contributed by atoms with Crippen LogP contribution in [-0.4, -0.2) is 54.6 Å². The summed E-state index contributed by atoms with van der Waals surface area (Å²) in [6.07, 6.45) is 2.03. The number of piperazine rings is 1. The van der Waals surface area contributed by atoms with Crippen LogP contribution in [0.2, 0.25) is 0 Å². The van der Waals surface area contributed by atoms with Crippen molar-refractivity contribution in [2.75, 3.05) is 37.6 Å². The molecular weight excluding hydrogens is 386 g/mol. The van der Waals surface area contributed by atoms with Gasteiger partial charge in [-0.1, -0.05) is 19.9 Å². The molecular formula is C23H28F2N4O. The van der Waals surface area contributed by atoms with Crippen molar-refractivity contribution in [3.8, 4) is 0 Å². The van der Waals surface area contributed by atoms with E-state index < -0.39 is 11.6 Å². The van der Waals surface area contributed by atoms with E-state index >= 15 is 0 Å². The molecule has 0 aliphatic carbocycles. The van der Waals surface area contributed by atoms with Crippen LogP contribution < -0.4 is 10.2 Å². The third-order valence-corrected chi connectivity index (χ3v) is 5.93. The van der Waals surface area contributed by atoms with E-state index in [1.165, 1.54) is 12.1 Å². The van der Waals surface area contributed by atoms with Crippen molar-refractivity contribution in [2.24, 2.45) is 0 Å². The Morgan fingerprint density at radius 2 is 2.10 bits per heavy atom. The van der Waals surface area contributed by atoms with Crippen LogP contribution in [0.1, 0.15) is 37.6 Å². The minimum atomic E-state index is -0.593. The Hall–Kier alpha value is -2.38. The summed E-state index contributed by atoms with van der Waals surface area (Å²) < 4.78 is 27.3. The van der Waals surface area contributed by atoms with Crippen molar-refractivity contribution in [1.82, 2.24) is 15.2 Å². The number of hydrogen-bond acceptors (Lipinski definition) is 4. The van der Waals surface area contributed by atoms with Gasteiger partial charge < -0.3 is 10.2 Å². The lowest BCUT2D eigenvalue weighted by atomic mass is 9.91. The lowest BCUT2D eigenvalue weighted by molar-refractivity contribution is -0.120. The summed E-state index contributed by atoms with van der Waals surface area (Å²) >= 11 is 0. The van der Waals surface area contributed by atoms with Gasteiger partial charge in [-0.25, -0.2) is 8.78 Å². The molecule has 30 heavy (non-hydrogen) atoms. The predicted molar refractivity (Wildman–Crippen MR) is 113 cm³/mol. The van der Waals surface area contributed by atoms with Crippen LogP contribution in [0.15, 0.2) is 30.5 Å². The first-order chi connectivity index (χ1) is 14.2. The fourth-order valence-electron chi connectivity index (χ4n) is 4.41. The Kier molecular flexibility index (Phi) is 5.59. The first kappa shape index (κ1) is 20.9. The number of halogens is 2. The van der Waals surface area contributed by atoms with Gasteiger partial charge in [0.05, 0.1) is 17.9 Å². The number of benzene rings is 1. The number of fused-ring (bicyclic) bond motifs is 1. The lowest BCUT2D eigenvalue weighted by Crippen LogP contribution is -2.52. The zero-order valence-corrected chi connectivity index (χ0v) is 17.7. The minimum absolute atomic E-state index is 0.0582. The molecule has 3 heterocycles. The topological polar surface area (TPSA) is 48.5 Å². The highest BCUT2D eigenvalue weighted by atomic mass is 19.1. The molecule has 0 radical (unpaired) electrons. The number of carbonyl (C=O) groups excluding carboxylic acids is 1. The number of aromatic nitrogens is 1. The average Bonchev–Trinajstić information content (AvgIpc) is 2.95. The van der Waals surface area contributed by atoms with Gasteiger partial charge in [0.2, 0.25) is 5.91 Å². The molecule has 7 heteroatoms. The van der Waals surface area contributed by atoms with Crippen LogP contribution >= 0.6 is 0 Å². The fraction of sp³-hybridized carbons (Fsp3) is 0.478. The van der Waals surface area contributed by atoms with Gasteiger partial charge in [-0.05, 0) is 30.2 Å². The van der Waals surface area contributed by atoms with Gasteiger partial charge >= 0.3 is 0 Å². The Labute approximate surface area is 176 Å². The number of anilines is 1. The molecule has 0 bridgehead atoms. The van der Waals surface area contributed by atoms with E-state index in [0.29, 0.717) is 31.1 Å². The SMILES string of the molecule is C[C@@H]1CN(CC(=O)N2CC(C)(C)c3ncc(Cc4ccc(F)cc4F)cc32)CCN1. The zero-order valence-electron chi connectivity index (χ0n) is 17.7. The molecule has 4 rings (SSSR count). The maximum absolute atomic E-state index is 14.1. The summed E-state index contributed by atoms with van der Waals surface area (Å²) in [6, 6.07) is 5.90. The fourth-order valence-corrected chi connectivity index (χ4v) is 4.41. The number of rotatable bonds is 4. The monoisotopic (exact) mass is 414 g/mol. The lowest BCUT2D eigenvalue weighted by Gasteiger charge is -2.32. The Bertz CT molecular complexity index is 962.